The van der Waals surface area contributed by atoms with E-state index in [0.717, 1.165) is 23.7 Å². The van der Waals surface area contributed by atoms with E-state index in [1.807, 2.05) is 12.1 Å². The number of halogens is 1. The van der Waals surface area contributed by atoms with E-state index in [0.29, 0.717) is 17.5 Å². The van der Waals surface area contributed by atoms with Gasteiger partial charge >= 0.3 is 0 Å². The molecule has 3 aliphatic rings. The van der Waals surface area contributed by atoms with Crippen LogP contribution in [0.15, 0.2) is 28.7 Å². The fourth-order valence-electron chi connectivity index (χ4n) is 4.66. The molecule has 0 aromatic heterocycles. The fourth-order valence-corrected chi connectivity index (χ4v) is 4.93. The Kier molecular flexibility index (Phi) is 3.95. The SMILES string of the molecule is O=C(CCN1C(=O)[C@@H]2[C@H]3CC[C@@H](C3)[C@H]2C1=O)Nc1ccc(Br)cc1. The molecule has 1 saturated heterocycles. The molecule has 24 heavy (non-hydrogen) atoms. The first-order chi connectivity index (χ1) is 11.5. The van der Waals surface area contributed by atoms with Crippen molar-refractivity contribution in [2.75, 3.05) is 11.9 Å². The Morgan fingerprint density at radius 3 is 2.25 bits per heavy atom. The van der Waals surface area contributed by atoms with Crippen LogP contribution < -0.4 is 5.32 Å². The van der Waals surface area contributed by atoms with Crippen LogP contribution in [-0.4, -0.2) is 29.2 Å². The number of rotatable bonds is 4. The number of hydrogen-bond donors (Lipinski definition) is 1. The molecule has 1 N–H and O–H groups in total. The Morgan fingerprint density at radius 2 is 1.67 bits per heavy atom. The Labute approximate surface area is 148 Å². The molecule has 2 saturated carbocycles. The lowest BCUT2D eigenvalue weighted by Gasteiger charge is -2.19. The Balaban J connectivity index is 1.36. The van der Waals surface area contributed by atoms with Gasteiger partial charge in [-0.15, -0.1) is 0 Å². The normalized spacial score (nSPS) is 30.8. The number of amides is 3. The molecule has 4 rings (SSSR count). The fraction of sp³-hybridized carbons (Fsp3) is 0.500. The second-order valence-corrected chi connectivity index (χ2v) is 7.93. The highest BCUT2D eigenvalue weighted by molar-refractivity contribution is 9.10. The third-order valence-electron chi connectivity index (χ3n) is 5.71. The van der Waals surface area contributed by atoms with Crippen molar-refractivity contribution in [2.24, 2.45) is 23.7 Å². The molecule has 1 aromatic carbocycles. The summed E-state index contributed by atoms with van der Waals surface area (Å²) in [5.41, 5.74) is 0.706. The lowest BCUT2D eigenvalue weighted by atomic mass is 9.81. The highest BCUT2D eigenvalue weighted by atomic mass is 79.9. The highest BCUT2D eigenvalue weighted by Crippen LogP contribution is 2.56. The van der Waals surface area contributed by atoms with Gasteiger partial charge in [-0.1, -0.05) is 15.9 Å². The second-order valence-electron chi connectivity index (χ2n) is 7.02. The molecule has 2 bridgehead atoms. The van der Waals surface area contributed by atoms with Crippen molar-refractivity contribution < 1.29 is 14.4 Å². The Bertz CT molecular complexity index is 675. The van der Waals surface area contributed by atoms with Gasteiger partial charge in [0, 0.05) is 23.1 Å². The van der Waals surface area contributed by atoms with Crippen molar-refractivity contribution in [3.63, 3.8) is 0 Å². The maximum atomic E-state index is 12.6. The smallest absolute Gasteiger partial charge is 0.233 e. The molecule has 0 spiro atoms. The van der Waals surface area contributed by atoms with Crippen molar-refractivity contribution >= 4 is 39.3 Å². The molecule has 6 heteroatoms. The summed E-state index contributed by atoms with van der Waals surface area (Å²) in [7, 11) is 0. The quantitative estimate of drug-likeness (QED) is 0.803. The number of nitrogens with one attached hydrogen (secondary N) is 1. The first kappa shape index (κ1) is 15.8. The van der Waals surface area contributed by atoms with E-state index < -0.39 is 0 Å². The number of imide groups is 1. The number of hydrogen-bond acceptors (Lipinski definition) is 3. The lowest BCUT2D eigenvalue weighted by Crippen LogP contribution is -2.35. The molecule has 5 nitrogen and oxygen atoms in total. The van der Waals surface area contributed by atoms with Crippen LogP contribution in [0.2, 0.25) is 0 Å². The minimum Gasteiger partial charge on any atom is -0.326 e. The summed E-state index contributed by atoms with van der Waals surface area (Å²) in [6.07, 6.45) is 3.32. The summed E-state index contributed by atoms with van der Waals surface area (Å²) in [4.78, 5) is 38.5. The van der Waals surface area contributed by atoms with Gasteiger partial charge in [-0.3, -0.25) is 19.3 Å². The van der Waals surface area contributed by atoms with Crippen LogP contribution in [0.25, 0.3) is 0 Å². The van der Waals surface area contributed by atoms with E-state index in [-0.39, 0.29) is 42.5 Å². The molecule has 1 aliphatic heterocycles. The molecule has 3 fully saturated rings. The van der Waals surface area contributed by atoms with Gasteiger partial charge < -0.3 is 5.32 Å². The monoisotopic (exact) mass is 390 g/mol. The van der Waals surface area contributed by atoms with Crippen LogP contribution >= 0.6 is 15.9 Å². The summed E-state index contributed by atoms with van der Waals surface area (Å²) in [5, 5.41) is 2.79. The number of nitrogens with zero attached hydrogens (tertiary/aromatic N) is 1. The van der Waals surface area contributed by atoms with E-state index >= 15 is 0 Å². The maximum absolute atomic E-state index is 12.6. The van der Waals surface area contributed by atoms with Crippen LogP contribution in [0.3, 0.4) is 0 Å². The van der Waals surface area contributed by atoms with Gasteiger partial charge in [-0.25, -0.2) is 0 Å². The van der Waals surface area contributed by atoms with Gasteiger partial charge in [0.2, 0.25) is 17.7 Å². The first-order valence-corrected chi connectivity index (χ1v) is 9.24. The van der Waals surface area contributed by atoms with Crippen LogP contribution in [0, 0.1) is 23.7 Å². The molecule has 1 aromatic rings. The minimum atomic E-state index is -0.182. The van der Waals surface area contributed by atoms with Gasteiger partial charge in [0.25, 0.3) is 0 Å². The van der Waals surface area contributed by atoms with Crippen molar-refractivity contribution in [1.29, 1.82) is 0 Å². The Hall–Kier alpha value is -1.69. The van der Waals surface area contributed by atoms with Crippen molar-refractivity contribution in [3.8, 4) is 0 Å². The molecule has 1 heterocycles. The Morgan fingerprint density at radius 1 is 1.08 bits per heavy atom. The summed E-state index contributed by atoms with van der Waals surface area (Å²) in [5.74, 6) is 0.285. The zero-order chi connectivity index (χ0) is 16.8. The predicted molar refractivity (Wildman–Crippen MR) is 91.9 cm³/mol. The summed E-state index contributed by atoms with van der Waals surface area (Å²) in [6, 6.07) is 7.30. The molecular formula is C18H19BrN2O3. The van der Waals surface area contributed by atoms with E-state index in [9.17, 15) is 14.4 Å². The number of likely N-dealkylation sites (tertiary alicyclic amines) is 1. The van der Waals surface area contributed by atoms with Gasteiger partial charge in [-0.05, 0) is 55.4 Å². The molecule has 4 atom stereocenters. The molecular weight excluding hydrogens is 372 g/mol. The first-order valence-electron chi connectivity index (χ1n) is 8.45. The molecule has 126 valence electrons. The second kappa shape index (κ2) is 5.99. The number of benzene rings is 1. The van der Waals surface area contributed by atoms with Gasteiger partial charge in [0.05, 0.1) is 11.8 Å². The molecule has 0 radical (unpaired) electrons. The molecule has 2 aliphatic carbocycles. The third-order valence-corrected chi connectivity index (χ3v) is 6.24. The number of fused-ring (bicyclic) bond motifs is 5. The van der Waals surface area contributed by atoms with Crippen LogP contribution in [0.1, 0.15) is 25.7 Å². The van der Waals surface area contributed by atoms with Gasteiger partial charge in [0.15, 0.2) is 0 Å². The highest BCUT2D eigenvalue weighted by Gasteiger charge is 2.60. The standard InChI is InChI=1S/C18H19BrN2O3/c19-12-3-5-13(6-4-12)20-14(22)7-8-21-17(23)15-10-1-2-11(9-10)16(15)18(21)24/h3-6,10-11,15-16H,1-2,7-9H2,(H,20,22)/t10-,11-,15+,16+/m0/s1. The van der Waals surface area contributed by atoms with Crippen molar-refractivity contribution in [2.45, 2.75) is 25.7 Å². The molecule has 0 unspecified atom stereocenters. The topological polar surface area (TPSA) is 66.5 Å². The lowest BCUT2D eigenvalue weighted by molar-refractivity contribution is -0.140. The predicted octanol–water partition coefficient (Wildman–Crippen LogP) is 2.81. The van der Waals surface area contributed by atoms with Crippen LogP contribution in [-0.2, 0) is 14.4 Å². The van der Waals surface area contributed by atoms with Crippen LogP contribution in [0.4, 0.5) is 5.69 Å². The minimum absolute atomic E-state index is 0.0476. The number of carbonyl (C=O) groups is 3. The zero-order valence-electron chi connectivity index (χ0n) is 13.2. The van der Waals surface area contributed by atoms with E-state index in [4.69, 9.17) is 0 Å². The zero-order valence-corrected chi connectivity index (χ0v) is 14.8. The average Bonchev–Trinajstić information content (AvgIpc) is 3.23. The van der Waals surface area contributed by atoms with E-state index in [2.05, 4.69) is 21.2 Å². The number of carbonyl (C=O) groups excluding carboxylic acids is 3. The van der Waals surface area contributed by atoms with Gasteiger partial charge in [-0.2, -0.15) is 0 Å². The van der Waals surface area contributed by atoms with Crippen molar-refractivity contribution in [1.82, 2.24) is 4.90 Å². The largest absolute Gasteiger partial charge is 0.326 e. The summed E-state index contributed by atoms with van der Waals surface area (Å²) >= 11 is 3.34. The van der Waals surface area contributed by atoms with Gasteiger partial charge in [0.1, 0.15) is 0 Å². The van der Waals surface area contributed by atoms with Crippen molar-refractivity contribution in [3.05, 3.63) is 28.7 Å². The number of anilines is 1. The summed E-state index contributed by atoms with van der Waals surface area (Å²) < 4.78 is 0.940. The van der Waals surface area contributed by atoms with E-state index in [1.54, 1.807) is 12.1 Å². The maximum Gasteiger partial charge on any atom is 0.233 e. The van der Waals surface area contributed by atoms with Crippen LogP contribution in [0.5, 0.6) is 0 Å². The average molecular weight is 391 g/mol. The van der Waals surface area contributed by atoms with E-state index in [1.165, 1.54) is 4.90 Å². The molecule has 3 amide bonds. The summed E-state index contributed by atoms with van der Waals surface area (Å²) in [6.45, 7) is 0.187. The third kappa shape index (κ3) is 2.57.